The number of carbonyl (C=O) groups excluding carboxylic acids is 1. The van der Waals surface area contributed by atoms with Crippen molar-refractivity contribution in [3.05, 3.63) is 0 Å². The maximum absolute atomic E-state index is 11.4. The van der Waals surface area contributed by atoms with Crippen LogP contribution in [0.25, 0.3) is 0 Å². The summed E-state index contributed by atoms with van der Waals surface area (Å²) in [6.45, 7) is 5.86. The molecule has 0 saturated carbocycles. The monoisotopic (exact) mass is 214 g/mol. The van der Waals surface area contributed by atoms with Crippen LogP contribution in [-0.4, -0.2) is 18.4 Å². The van der Waals surface area contributed by atoms with Crippen LogP contribution in [0, 0.1) is 5.92 Å². The van der Waals surface area contributed by atoms with E-state index in [1.807, 2.05) is 6.92 Å². The van der Waals surface area contributed by atoms with E-state index in [2.05, 4.69) is 6.92 Å². The van der Waals surface area contributed by atoms with Crippen molar-refractivity contribution in [1.82, 2.24) is 0 Å². The number of carbonyl (C=O) groups is 1. The van der Waals surface area contributed by atoms with Crippen LogP contribution in [0.5, 0.6) is 0 Å². The van der Waals surface area contributed by atoms with Gasteiger partial charge in [-0.1, -0.05) is 32.6 Å². The molecule has 0 unspecified atom stereocenters. The van der Waals surface area contributed by atoms with E-state index in [1.54, 1.807) is 6.92 Å². The largest absolute Gasteiger partial charge is 0.436 e. The molecule has 0 amide bonds. The molecule has 1 rings (SSSR count). The molecular formula is C12H22O3. The lowest BCUT2D eigenvalue weighted by molar-refractivity contribution is -0.223. The number of rotatable bonds is 5. The van der Waals surface area contributed by atoms with Gasteiger partial charge in [-0.2, -0.15) is 0 Å². The zero-order valence-corrected chi connectivity index (χ0v) is 9.99. The van der Waals surface area contributed by atoms with Crippen molar-refractivity contribution < 1.29 is 14.3 Å². The molecule has 0 bridgehead atoms. The first kappa shape index (κ1) is 12.5. The van der Waals surface area contributed by atoms with Crippen molar-refractivity contribution in [3.8, 4) is 0 Å². The molecule has 0 aliphatic carbocycles. The number of hydrogen-bond donors (Lipinski definition) is 0. The van der Waals surface area contributed by atoms with Gasteiger partial charge in [0, 0.05) is 0 Å². The highest BCUT2D eigenvalue weighted by Gasteiger charge is 2.33. The fourth-order valence-electron chi connectivity index (χ4n) is 1.90. The molecular weight excluding hydrogens is 192 g/mol. The highest BCUT2D eigenvalue weighted by molar-refractivity contribution is 5.73. The van der Waals surface area contributed by atoms with E-state index in [-0.39, 0.29) is 24.3 Å². The van der Waals surface area contributed by atoms with Crippen LogP contribution in [0.3, 0.4) is 0 Å². The highest BCUT2D eigenvalue weighted by atomic mass is 16.7. The first-order chi connectivity index (χ1) is 7.15. The zero-order chi connectivity index (χ0) is 11.3. The minimum Gasteiger partial charge on any atom is -0.436 e. The quantitative estimate of drug-likeness (QED) is 0.521. The van der Waals surface area contributed by atoms with Gasteiger partial charge in [-0.3, -0.25) is 4.79 Å². The summed E-state index contributed by atoms with van der Waals surface area (Å²) in [5.41, 5.74) is 0. The lowest BCUT2D eigenvalue weighted by Gasteiger charge is -2.32. The summed E-state index contributed by atoms with van der Waals surface area (Å²) in [6.07, 6.45) is 5.53. The van der Waals surface area contributed by atoms with E-state index in [0.29, 0.717) is 0 Å². The molecule has 88 valence electrons. The van der Waals surface area contributed by atoms with Gasteiger partial charge in [0.2, 0.25) is 0 Å². The van der Waals surface area contributed by atoms with Crippen LogP contribution in [-0.2, 0) is 14.3 Å². The molecule has 3 heteroatoms. The van der Waals surface area contributed by atoms with Crippen molar-refractivity contribution in [2.45, 2.75) is 65.3 Å². The maximum atomic E-state index is 11.4. The Balaban J connectivity index is 2.29. The lowest BCUT2D eigenvalue weighted by atomic mass is 9.98. The number of hydrogen-bond acceptors (Lipinski definition) is 3. The maximum Gasteiger partial charge on any atom is 0.313 e. The van der Waals surface area contributed by atoms with Crippen LogP contribution in [0.1, 0.15) is 52.9 Å². The average molecular weight is 214 g/mol. The summed E-state index contributed by atoms with van der Waals surface area (Å²) >= 11 is 0. The number of esters is 1. The van der Waals surface area contributed by atoms with Crippen LogP contribution in [0.2, 0.25) is 0 Å². The van der Waals surface area contributed by atoms with Gasteiger partial charge < -0.3 is 9.47 Å². The van der Waals surface area contributed by atoms with Crippen LogP contribution < -0.4 is 0 Å². The Bertz CT molecular complexity index is 203. The van der Waals surface area contributed by atoms with E-state index in [4.69, 9.17) is 9.47 Å². The Morgan fingerprint density at radius 3 is 2.60 bits per heavy atom. The molecule has 0 aromatic rings. The van der Waals surface area contributed by atoms with Crippen molar-refractivity contribution in [3.63, 3.8) is 0 Å². The molecule has 1 aliphatic rings. The summed E-state index contributed by atoms with van der Waals surface area (Å²) < 4.78 is 10.6. The Labute approximate surface area is 92.1 Å². The third kappa shape index (κ3) is 3.82. The summed E-state index contributed by atoms with van der Waals surface area (Å²) in [5.74, 6) is -0.225. The molecule has 1 fully saturated rings. The summed E-state index contributed by atoms with van der Waals surface area (Å²) in [5, 5.41) is 0. The van der Waals surface area contributed by atoms with Crippen molar-refractivity contribution in [2.24, 2.45) is 5.92 Å². The molecule has 0 N–H and O–H groups in total. The average Bonchev–Trinajstić information content (AvgIpc) is 2.19. The van der Waals surface area contributed by atoms with Gasteiger partial charge in [-0.25, -0.2) is 0 Å². The first-order valence-corrected chi connectivity index (χ1v) is 6.01. The smallest absolute Gasteiger partial charge is 0.313 e. The zero-order valence-electron chi connectivity index (χ0n) is 9.99. The third-order valence-electron chi connectivity index (χ3n) is 2.92. The number of cyclic esters (lactones) is 1. The van der Waals surface area contributed by atoms with E-state index in [0.717, 1.165) is 12.8 Å². The molecule has 0 radical (unpaired) electrons. The van der Waals surface area contributed by atoms with E-state index in [9.17, 15) is 4.79 Å². The molecule has 3 atom stereocenters. The standard InChI is InChI=1S/C12H22O3/c1-4-5-6-7-8-11-9(2)12(13)15-10(3)14-11/h9-11H,4-8H2,1-3H3/t9-,10-,11-/m0/s1. The van der Waals surface area contributed by atoms with E-state index >= 15 is 0 Å². The molecule has 0 aromatic carbocycles. The topological polar surface area (TPSA) is 35.5 Å². The van der Waals surface area contributed by atoms with Gasteiger partial charge in [0.15, 0.2) is 6.29 Å². The van der Waals surface area contributed by atoms with Crippen LogP contribution >= 0.6 is 0 Å². The molecule has 0 spiro atoms. The SMILES string of the molecule is CCCCCC[C@@H]1O[C@H](C)OC(=O)[C@H]1C. The second-order valence-electron chi connectivity index (χ2n) is 4.32. The fourth-order valence-corrected chi connectivity index (χ4v) is 1.90. The second-order valence-corrected chi connectivity index (χ2v) is 4.32. The predicted octanol–water partition coefficient (Wildman–Crippen LogP) is 2.88. The molecule has 1 heterocycles. The Morgan fingerprint density at radius 1 is 1.20 bits per heavy atom. The van der Waals surface area contributed by atoms with Crippen LogP contribution in [0.4, 0.5) is 0 Å². The van der Waals surface area contributed by atoms with Crippen molar-refractivity contribution >= 4 is 5.97 Å². The molecule has 1 saturated heterocycles. The van der Waals surface area contributed by atoms with Gasteiger partial charge >= 0.3 is 5.97 Å². The van der Waals surface area contributed by atoms with E-state index in [1.165, 1.54) is 19.3 Å². The Hall–Kier alpha value is -0.570. The minimum atomic E-state index is -0.370. The first-order valence-electron chi connectivity index (χ1n) is 6.01. The molecule has 0 aromatic heterocycles. The van der Waals surface area contributed by atoms with Gasteiger partial charge in [-0.15, -0.1) is 0 Å². The summed E-state index contributed by atoms with van der Waals surface area (Å²) in [6, 6.07) is 0. The summed E-state index contributed by atoms with van der Waals surface area (Å²) in [7, 11) is 0. The van der Waals surface area contributed by atoms with Crippen LogP contribution in [0.15, 0.2) is 0 Å². The molecule has 1 aliphatic heterocycles. The number of unbranched alkanes of at least 4 members (excludes halogenated alkanes) is 3. The summed E-state index contributed by atoms with van der Waals surface area (Å²) in [4.78, 5) is 11.4. The lowest BCUT2D eigenvalue weighted by Crippen LogP contribution is -2.40. The second kappa shape index (κ2) is 6.11. The van der Waals surface area contributed by atoms with Crippen molar-refractivity contribution in [2.75, 3.05) is 0 Å². The van der Waals surface area contributed by atoms with Gasteiger partial charge in [0.1, 0.15) is 0 Å². The van der Waals surface area contributed by atoms with Gasteiger partial charge in [0.05, 0.1) is 12.0 Å². The van der Waals surface area contributed by atoms with Gasteiger partial charge in [-0.05, 0) is 20.3 Å². The Kier molecular flexibility index (Phi) is 5.09. The fraction of sp³-hybridized carbons (Fsp3) is 0.917. The molecule has 15 heavy (non-hydrogen) atoms. The Morgan fingerprint density at radius 2 is 1.93 bits per heavy atom. The molecule has 3 nitrogen and oxygen atoms in total. The predicted molar refractivity (Wildman–Crippen MR) is 58.4 cm³/mol. The van der Waals surface area contributed by atoms with Gasteiger partial charge in [0.25, 0.3) is 0 Å². The van der Waals surface area contributed by atoms with Crippen molar-refractivity contribution in [1.29, 1.82) is 0 Å². The highest BCUT2D eigenvalue weighted by Crippen LogP contribution is 2.23. The normalized spacial score (nSPS) is 31.4. The third-order valence-corrected chi connectivity index (χ3v) is 2.92. The number of ether oxygens (including phenoxy) is 2. The van der Waals surface area contributed by atoms with E-state index < -0.39 is 0 Å². The minimum absolute atomic E-state index is 0.0538.